The van der Waals surface area contributed by atoms with Crippen LogP contribution < -0.4 is 11.2 Å². The highest BCUT2D eigenvalue weighted by Crippen LogP contribution is 2.29. The fraction of sp³-hybridized carbons (Fsp3) is 0.300. The molecule has 0 aliphatic carbocycles. The summed E-state index contributed by atoms with van der Waals surface area (Å²) in [7, 11) is 3.85. The third-order valence-corrected chi connectivity index (χ3v) is 2.94. The van der Waals surface area contributed by atoms with E-state index < -0.39 is 0 Å². The molecule has 0 saturated carbocycles. The summed E-state index contributed by atoms with van der Waals surface area (Å²) < 4.78 is 1.13. The van der Waals surface area contributed by atoms with Gasteiger partial charge in [-0.1, -0.05) is 0 Å². The van der Waals surface area contributed by atoms with Gasteiger partial charge >= 0.3 is 0 Å². The van der Waals surface area contributed by atoms with Crippen molar-refractivity contribution in [3.63, 3.8) is 0 Å². The second-order valence-corrected chi connectivity index (χ2v) is 4.88. The number of aryl methyl sites for hydroxylation is 1. The lowest BCUT2D eigenvalue weighted by atomic mass is 10.2. The number of fused-ring (bicyclic) bond motifs is 1. The number of nitrogen functional groups attached to an aromatic ring is 1. The number of benzene rings is 1. The second-order valence-electron chi connectivity index (χ2n) is 3.65. The largest absolute Gasteiger partial charge is 0.397 e. The summed E-state index contributed by atoms with van der Waals surface area (Å²) in [6.07, 6.45) is 0. The molecule has 0 bridgehead atoms. The van der Waals surface area contributed by atoms with E-state index in [-0.39, 0.29) is 0 Å². The number of nitrogens with one attached hydrogen (secondary N) is 1. The Morgan fingerprint density at radius 3 is 2.80 bits per heavy atom. The summed E-state index contributed by atoms with van der Waals surface area (Å²) in [5, 5.41) is 2.92. The maximum Gasteiger partial charge on any atom is 0.0907 e. The van der Waals surface area contributed by atoms with Crippen LogP contribution in [0.25, 0.3) is 10.2 Å². The zero-order valence-corrected chi connectivity index (χ0v) is 9.85. The highest BCUT2D eigenvalue weighted by molar-refractivity contribution is 7.18. The predicted octanol–water partition coefficient (Wildman–Crippen LogP) is 2.08. The van der Waals surface area contributed by atoms with Gasteiger partial charge in [0, 0.05) is 14.1 Å². The van der Waals surface area contributed by atoms with Crippen LogP contribution in [-0.4, -0.2) is 24.1 Å². The molecule has 3 N–H and O–H groups in total. The standard InChI is InChI=1S/C10H14N4S/c1-6-12-9-5-8(13-14(2)3)7(11)4-10(9)15-6/h4-5,13H,11H2,1-3H3. The monoisotopic (exact) mass is 222 g/mol. The molecule has 5 heteroatoms. The molecule has 15 heavy (non-hydrogen) atoms. The van der Waals surface area contributed by atoms with Crippen LogP contribution in [0.5, 0.6) is 0 Å². The maximum atomic E-state index is 5.93. The zero-order chi connectivity index (χ0) is 11.0. The number of rotatable bonds is 2. The first kappa shape index (κ1) is 10.2. The Kier molecular flexibility index (Phi) is 2.50. The van der Waals surface area contributed by atoms with Gasteiger partial charge in [0.15, 0.2) is 0 Å². The number of thiazole rings is 1. The second kappa shape index (κ2) is 3.67. The van der Waals surface area contributed by atoms with Crippen LogP contribution in [0.2, 0.25) is 0 Å². The Bertz CT molecular complexity index is 489. The fourth-order valence-electron chi connectivity index (χ4n) is 1.44. The molecular weight excluding hydrogens is 208 g/mol. The molecule has 1 aromatic heterocycles. The molecular formula is C10H14N4S. The van der Waals surface area contributed by atoms with E-state index in [9.17, 15) is 0 Å². The lowest BCUT2D eigenvalue weighted by molar-refractivity contribution is 0.496. The van der Waals surface area contributed by atoms with E-state index in [0.717, 1.165) is 26.6 Å². The van der Waals surface area contributed by atoms with Crippen molar-refractivity contribution in [3.8, 4) is 0 Å². The molecule has 4 nitrogen and oxygen atoms in total. The van der Waals surface area contributed by atoms with Crippen molar-refractivity contribution < 1.29 is 0 Å². The van der Waals surface area contributed by atoms with Gasteiger partial charge in [-0.2, -0.15) is 0 Å². The average molecular weight is 222 g/mol. The van der Waals surface area contributed by atoms with E-state index in [0.29, 0.717) is 0 Å². The van der Waals surface area contributed by atoms with Gasteiger partial charge in [0.25, 0.3) is 0 Å². The number of hydrogen-bond acceptors (Lipinski definition) is 5. The third kappa shape index (κ3) is 2.03. The Morgan fingerprint density at radius 1 is 1.40 bits per heavy atom. The topological polar surface area (TPSA) is 54.2 Å². The van der Waals surface area contributed by atoms with Crippen molar-refractivity contribution in [1.82, 2.24) is 9.99 Å². The first-order valence-corrected chi connectivity index (χ1v) is 5.48. The molecule has 0 saturated heterocycles. The van der Waals surface area contributed by atoms with Crippen LogP contribution in [-0.2, 0) is 0 Å². The van der Waals surface area contributed by atoms with E-state index in [1.807, 2.05) is 38.2 Å². The Labute approximate surface area is 92.7 Å². The number of nitrogens with zero attached hydrogens (tertiary/aromatic N) is 2. The molecule has 2 aromatic rings. The zero-order valence-electron chi connectivity index (χ0n) is 9.03. The smallest absolute Gasteiger partial charge is 0.0907 e. The van der Waals surface area contributed by atoms with Gasteiger partial charge in [-0.25, -0.2) is 9.99 Å². The summed E-state index contributed by atoms with van der Waals surface area (Å²) in [5.74, 6) is 0. The molecule has 0 radical (unpaired) electrons. The van der Waals surface area contributed by atoms with E-state index in [1.54, 1.807) is 11.3 Å². The lowest BCUT2D eigenvalue weighted by Crippen LogP contribution is -2.20. The summed E-state index contributed by atoms with van der Waals surface area (Å²) in [6.45, 7) is 2.00. The van der Waals surface area contributed by atoms with Crippen LogP contribution in [0.3, 0.4) is 0 Å². The number of nitrogens with two attached hydrogens (primary N) is 1. The minimum atomic E-state index is 0.750. The molecule has 0 fully saturated rings. The lowest BCUT2D eigenvalue weighted by Gasteiger charge is -2.15. The molecule has 0 aliphatic heterocycles. The highest BCUT2D eigenvalue weighted by Gasteiger charge is 2.06. The van der Waals surface area contributed by atoms with Gasteiger partial charge in [0.2, 0.25) is 0 Å². The van der Waals surface area contributed by atoms with Crippen molar-refractivity contribution in [2.24, 2.45) is 0 Å². The third-order valence-electron chi connectivity index (χ3n) is 2.01. The van der Waals surface area contributed by atoms with Gasteiger partial charge < -0.3 is 11.2 Å². The van der Waals surface area contributed by atoms with Crippen LogP contribution in [0.4, 0.5) is 11.4 Å². The summed E-state index contributed by atoms with van der Waals surface area (Å²) in [5.41, 5.74) is 11.7. The van der Waals surface area contributed by atoms with Crippen molar-refractivity contribution in [1.29, 1.82) is 0 Å². The fourth-order valence-corrected chi connectivity index (χ4v) is 2.30. The van der Waals surface area contributed by atoms with Crippen LogP contribution in [0.1, 0.15) is 5.01 Å². The quantitative estimate of drug-likeness (QED) is 0.603. The number of hydrogen-bond donors (Lipinski definition) is 2. The molecule has 0 atom stereocenters. The number of anilines is 2. The van der Waals surface area contributed by atoms with Gasteiger partial charge in [-0.05, 0) is 19.1 Å². The van der Waals surface area contributed by atoms with Crippen LogP contribution in [0, 0.1) is 6.92 Å². The number of aromatic nitrogens is 1. The van der Waals surface area contributed by atoms with Crippen molar-refractivity contribution in [2.75, 3.05) is 25.3 Å². The molecule has 0 spiro atoms. The maximum absolute atomic E-state index is 5.93. The SMILES string of the molecule is Cc1nc2cc(NN(C)C)c(N)cc2s1. The van der Waals surface area contributed by atoms with E-state index in [1.165, 1.54) is 0 Å². The van der Waals surface area contributed by atoms with Crippen LogP contribution in [0.15, 0.2) is 12.1 Å². The average Bonchev–Trinajstić information content (AvgIpc) is 2.44. The van der Waals surface area contributed by atoms with Gasteiger partial charge in [0.05, 0.1) is 26.6 Å². The van der Waals surface area contributed by atoms with Gasteiger partial charge in [0.1, 0.15) is 0 Å². The summed E-state index contributed by atoms with van der Waals surface area (Å²) >= 11 is 1.66. The predicted molar refractivity (Wildman–Crippen MR) is 66.1 cm³/mol. The normalized spacial score (nSPS) is 11.2. The molecule has 0 aliphatic rings. The molecule has 0 unspecified atom stereocenters. The van der Waals surface area contributed by atoms with E-state index in [2.05, 4.69) is 10.4 Å². The van der Waals surface area contributed by atoms with E-state index >= 15 is 0 Å². The Morgan fingerprint density at radius 2 is 2.13 bits per heavy atom. The van der Waals surface area contributed by atoms with Crippen molar-refractivity contribution in [3.05, 3.63) is 17.1 Å². The number of hydrazine groups is 1. The summed E-state index contributed by atoms with van der Waals surface area (Å²) in [4.78, 5) is 4.43. The van der Waals surface area contributed by atoms with Crippen molar-refractivity contribution in [2.45, 2.75) is 6.92 Å². The Balaban J connectivity index is 2.51. The first-order chi connectivity index (χ1) is 7.06. The molecule has 2 rings (SSSR count). The molecule has 1 heterocycles. The minimum Gasteiger partial charge on any atom is -0.397 e. The van der Waals surface area contributed by atoms with Gasteiger partial charge in [-0.3, -0.25) is 0 Å². The highest BCUT2D eigenvalue weighted by atomic mass is 32.1. The van der Waals surface area contributed by atoms with Crippen molar-refractivity contribution >= 4 is 32.9 Å². The summed E-state index contributed by atoms with van der Waals surface area (Å²) in [6, 6.07) is 3.94. The van der Waals surface area contributed by atoms with Crippen LogP contribution >= 0.6 is 11.3 Å². The molecule has 80 valence electrons. The van der Waals surface area contributed by atoms with E-state index in [4.69, 9.17) is 5.73 Å². The molecule has 0 amide bonds. The minimum absolute atomic E-state index is 0.750. The first-order valence-electron chi connectivity index (χ1n) is 4.67. The van der Waals surface area contributed by atoms with Gasteiger partial charge in [-0.15, -0.1) is 11.3 Å². The Hall–Kier alpha value is -1.33. The molecule has 1 aromatic carbocycles.